The molecule has 6 aromatic rings. The zero-order valence-corrected chi connectivity index (χ0v) is 23.0. The van der Waals surface area contributed by atoms with Crippen LogP contribution in [0.5, 0.6) is 0 Å². The van der Waals surface area contributed by atoms with Crippen LogP contribution in [0.3, 0.4) is 0 Å². The summed E-state index contributed by atoms with van der Waals surface area (Å²) in [5.41, 5.74) is 6.48. The van der Waals surface area contributed by atoms with Crippen molar-refractivity contribution in [3.05, 3.63) is 103 Å². The second-order valence-electron chi connectivity index (χ2n) is 11.2. The third-order valence-corrected chi connectivity index (χ3v) is 8.15. The van der Waals surface area contributed by atoms with Crippen LogP contribution in [0.1, 0.15) is 27.7 Å². The van der Waals surface area contributed by atoms with Crippen LogP contribution >= 0.6 is 0 Å². The molecule has 1 fully saturated rings. The maximum atomic E-state index is 6.41. The van der Waals surface area contributed by atoms with Crippen molar-refractivity contribution in [3.8, 4) is 28.5 Å². The molecule has 0 aliphatic carbocycles. The fraction of sp³-hybridized carbons (Fsp3) is 0.182. The van der Waals surface area contributed by atoms with Crippen LogP contribution in [-0.4, -0.2) is 37.8 Å². The maximum Gasteiger partial charge on any atom is 0.494 e. The molecule has 4 aromatic heterocycles. The Labute approximate surface area is 233 Å². The molecule has 1 aliphatic rings. The molecule has 0 bridgehead atoms. The van der Waals surface area contributed by atoms with E-state index in [4.69, 9.17) is 14.3 Å². The summed E-state index contributed by atoms with van der Waals surface area (Å²) in [6.07, 6.45) is 3.59. The average molecular weight is 524 g/mol. The lowest BCUT2D eigenvalue weighted by molar-refractivity contribution is 0.00578. The molecular weight excluding hydrogens is 495 g/mol. The summed E-state index contributed by atoms with van der Waals surface area (Å²) >= 11 is 0. The number of rotatable bonds is 4. The minimum atomic E-state index is -0.452. The molecule has 40 heavy (non-hydrogen) atoms. The van der Waals surface area contributed by atoms with E-state index in [-0.39, 0.29) is 0 Å². The molecular formula is C33H29BN4O2. The maximum absolute atomic E-state index is 6.41. The first-order valence-corrected chi connectivity index (χ1v) is 13.5. The Balaban J connectivity index is 1.48. The molecule has 1 aliphatic heterocycles. The van der Waals surface area contributed by atoms with Crippen LogP contribution in [0.4, 0.5) is 0 Å². The number of para-hydroxylation sites is 1. The van der Waals surface area contributed by atoms with Gasteiger partial charge in [0.05, 0.1) is 50.7 Å². The Bertz CT molecular complexity index is 1790. The molecule has 0 amide bonds. The molecule has 7 heteroatoms. The SMILES string of the molecule is CC1(C)OB(c2ccc3c4ccccc4n(-c4cc(-c5ccccn5)nc(-c5ccccn5)c4)c3c2)OC1(C)C. The van der Waals surface area contributed by atoms with Crippen LogP contribution < -0.4 is 5.46 Å². The van der Waals surface area contributed by atoms with E-state index in [1.54, 1.807) is 12.4 Å². The van der Waals surface area contributed by atoms with Gasteiger partial charge in [-0.05, 0) is 81.7 Å². The fourth-order valence-corrected chi connectivity index (χ4v) is 5.33. The molecule has 2 aromatic carbocycles. The van der Waals surface area contributed by atoms with Gasteiger partial charge >= 0.3 is 7.12 Å². The Morgan fingerprint density at radius 1 is 0.600 bits per heavy atom. The van der Waals surface area contributed by atoms with E-state index in [2.05, 4.69) is 96.8 Å². The van der Waals surface area contributed by atoms with Gasteiger partial charge in [0, 0.05) is 23.2 Å². The predicted octanol–water partition coefficient (Wildman–Crippen LogP) is 6.60. The minimum Gasteiger partial charge on any atom is -0.399 e. The molecule has 0 saturated carbocycles. The normalized spacial score (nSPS) is 16.1. The fourth-order valence-electron chi connectivity index (χ4n) is 5.33. The molecule has 1 saturated heterocycles. The smallest absolute Gasteiger partial charge is 0.399 e. The van der Waals surface area contributed by atoms with Gasteiger partial charge in [-0.25, -0.2) is 4.98 Å². The molecule has 0 atom stereocenters. The minimum absolute atomic E-state index is 0.417. The van der Waals surface area contributed by atoms with Crippen LogP contribution in [0, 0.1) is 0 Å². The van der Waals surface area contributed by atoms with Crippen molar-refractivity contribution in [2.75, 3.05) is 0 Å². The zero-order valence-electron chi connectivity index (χ0n) is 23.0. The molecule has 6 nitrogen and oxygen atoms in total. The van der Waals surface area contributed by atoms with E-state index in [0.717, 1.165) is 50.3 Å². The van der Waals surface area contributed by atoms with E-state index < -0.39 is 18.3 Å². The van der Waals surface area contributed by atoms with Crippen LogP contribution in [0.25, 0.3) is 50.3 Å². The van der Waals surface area contributed by atoms with Crippen LogP contribution in [0.2, 0.25) is 0 Å². The highest BCUT2D eigenvalue weighted by Gasteiger charge is 2.51. The largest absolute Gasteiger partial charge is 0.494 e. The molecule has 5 heterocycles. The van der Waals surface area contributed by atoms with Crippen molar-refractivity contribution >= 4 is 34.4 Å². The highest BCUT2D eigenvalue weighted by atomic mass is 16.7. The number of benzene rings is 2. The topological polar surface area (TPSA) is 62.1 Å². The van der Waals surface area contributed by atoms with Crippen LogP contribution in [0.15, 0.2) is 103 Å². The Kier molecular flexibility index (Phi) is 5.63. The second-order valence-corrected chi connectivity index (χ2v) is 11.2. The van der Waals surface area contributed by atoms with Gasteiger partial charge in [0.2, 0.25) is 0 Å². The summed E-state index contributed by atoms with van der Waals surface area (Å²) < 4.78 is 15.1. The summed E-state index contributed by atoms with van der Waals surface area (Å²) in [4.78, 5) is 14.2. The van der Waals surface area contributed by atoms with Crippen molar-refractivity contribution in [3.63, 3.8) is 0 Å². The highest BCUT2D eigenvalue weighted by molar-refractivity contribution is 6.62. The van der Waals surface area contributed by atoms with Crippen LogP contribution in [-0.2, 0) is 9.31 Å². The number of hydrogen-bond donors (Lipinski definition) is 0. The van der Waals surface area contributed by atoms with E-state index in [9.17, 15) is 0 Å². The van der Waals surface area contributed by atoms with Crippen molar-refractivity contribution < 1.29 is 9.31 Å². The summed E-state index contributed by atoms with van der Waals surface area (Å²) in [5, 5.41) is 2.33. The van der Waals surface area contributed by atoms with Gasteiger partial charge in [0.15, 0.2) is 0 Å². The number of pyridine rings is 3. The van der Waals surface area contributed by atoms with Gasteiger partial charge in [-0.3, -0.25) is 9.97 Å². The van der Waals surface area contributed by atoms with E-state index in [0.29, 0.717) is 0 Å². The Morgan fingerprint density at radius 2 is 1.18 bits per heavy atom. The lowest BCUT2D eigenvalue weighted by atomic mass is 9.79. The van der Waals surface area contributed by atoms with Crippen molar-refractivity contribution in [1.82, 2.24) is 19.5 Å². The predicted molar refractivity (Wildman–Crippen MR) is 161 cm³/mol. The number of fused-ring (bicyclic) bond motifs is 3. The summed E-state index contributed by atoms with van der Waals surface area (Å²) in [6, 6.07) is 30.9. The molecule has 0 radical (unpaired) electrons. The monoisotopic (exact) mass is 524 g/mol. The first-order chi connectivity index (χ1) is 19.3. The van der Waals surface area contributed by atoms with Gasteiger partial charge in [0.1, 0.15) is 0 Å². The number of nitrogens with zero attached hydrogens (tertiary/aromatic N) is 4. The Hall–Kier alpha value is -4.33. The number of hydrogen-bond acceptors (Lipinski definition) is 5. The van der Waals surface area contributed by atoms with Gasteiger partial charge in [0.25, 0.3) is 0 Å². The zero-order chi connectivity index (χ0) is 27.5. The number of aromatic nitrogens is 4. The third kappa shape index (κ3) is 4.01. The first-order valence-electron chi connectivity index (χ1n) is 13.5. The molecule has 7 rings (SSSR count). The average Bonchev–Trinajstić information content (AvgIpc) is 3.42. The van der Waals surface area contributed by atoms with Gasteiger partial charge in [-0.1, -0.05) is 42.5 Å². The standard InChI is InChI=1S/C33H29BN4O2/c1-32(2)33(3,4)40-34(39-32)22-15-16-25-24-11-5-6-14-30(24)38(31(25)19-22)23-20-28(26-12-7-9-17-35-26)37-29(21-23)27-13-8-10-18-36-27/h5-21H,1-4H3. The van der Waals surface area contributed by atoms with Gasteiger partial charge in [-0.15, -0.1) is 0 Å². The second kappa shape index (κ2) is 9.12. The summed E-state index contributed by atoms with van der Waals surface area (Å²) in [7, 11) is -0.452. The van der Waals surface area contributed by atoms with Gasteiger partial charge < -0.3 is 13.9 Å². The van der Waals surface area contributed by atoms with E-state index in [1.165, 1.54) is 5.39 Å². The lowest BCUT2D eigenvalue weighted by Crippen LogP contribution is -2.41. The summed E-state index contributed by atoms with van der Waals surface area (Å²) in [5.74, 6) is 0. The van der Waals surface area contributed by atoms with Crippen molar-refractivity contribution in [2.24, 2.45) is 0 Å². The lowest BCUT2D eigenvalue weighted by Gasteiger charge is -2.32. The molecule has 0 spiro atoms. The molecule has 0 N–H and O–H groups in total. The van der Waals surface area contributed by atoms with Crippen molar-refractivity contribution in [1.29, 1.82) is 0 Å². The van der Waals surface area contributed by atoms with E-state index in [1.807, 2.05) is 36.4 Å². The quantitative estimate of drug-likeness (QED) is 0.243. The third-order valence-electron chi connectivity index (χ3n) is 8.15. The van der Waals surface area contributed by atoms with E-state index >= 15 is 0 Å². The first kappa shape index (κ1) is 24.7. The highest BCUT2D eigenvalue weighted by Crippen LogP contribution is 2.38. The Morgan fingerprint density at radius 3 is 1.77 bits per heavy atom. The molecule has 0 unspecified atom stereocenters. The molecule has 196 valence electrons. The van der Waals surface area contributed by atoms with Gasteiger partial charge in [-0.2, -0.15) is 0 Å². The van der Waals surface area contributed by atoms with Crippen molar-refractivity contribution in [2.45, 2.75) is 38.9 Å². The summed E-state index contributed by atoms with van der Waals surface area (Å²) in [6.45, 7) is 8.32.